The zero-order chi connectivity index (χ0) is 15.5. The average molecular weight is 293 g/mol. The van der Waals surface area contributed by atoms with Crippen LogP contribution in [0.4, 0.5) is 0 Å². The van der Waals surface area contributed by atoms with E-state index in [2.05, 4.69) is 23.7 Å². The van der Waals surface area contributed by atoms with Crippen LogP contribution < -0.4 is 10.5 Å². The summed E-state index contributed by atoms with van der Waals surface area (Å²) in [6, 6.07) is 1.87. The Hall–Kier alpha value is -1.17. The van der Waals surface area contributed by atoms with Crippen LogP contribution in [-0.4, -0.2) is 47.8 Å². The fourth-order valence-electron chi connectivity index (χ4n) is 2.69. The van der Waals surface area contributed by atoms with Crippen LogP contribution in [0.15, 0.2) is 18.5 Å². The summed E-state index contributed by atoms with van der Waals surface area (Å²) >= 11 is 0. The first kappa shape index (κ1) is 16.2. The molecular formula is C16H27N3O2. The summed E-state index contributed by atoms with van der Waals surface area (Å²) in [5.41, 5.74) is 7.38. The van der Waals surface area contributed by atoms with Gasteiger partial charge in [0.2, 0.25) is 0 Å². The Bertz CT molecular complexity index is 457. The fraction of sp³-hybridized carbons (Fsp3) is 0.688. The van der Waals surface area contributed by atoms with Crippen LogP contribution in [0.2, 0.25) is 0 Å². The van der Waals surface area contributed by atoms with Gasteiger partial charge in [-0.2, -0.15) is 0 Å². The largest absolute Gasteiger partial charge is 0.489 e. The van der Waals surface area contributed by atoms with Gasteiger partial charge in [-0.3, -0.25) is 9.88 Å². The van der Waals surface area contributed by atoms with Crippen molar-refractivity contribution >= 4 is 0 Å². The molecule has 5 heteroatoms. The number of nitrogens with two attached hydrogens (primary N) is 1. The molecule has 0 spiro atoms. The van der Waals surface area contributed by atoms with E-state index in [9.17, 15) is 0 Å². The van der Waals surface area contributed by atoms with Gasteiger partial charge in [0, 0.05) is 30.9 Å². The van der Waals surface area contributed by atoms with Gasteiger partial charge in [0.05, 0.1) is 25.5 Å². The topological polar surface area (TPSA) is 60.6 Å². The molecule has 0 bridgehead atoms. The molecule has 5 nitrogen and oxygen atoms in total. The van der Waals surface area contributed by atoms with E-state index in [4.69, 9.17) is 15.2 Å². The van der Waals surface area contributed by atoms with Crippen molar-refractivity contribution in [3.63, 3.8) is 0 Å². The maximum absolute atomic E-state index is 6.53. The number of rotatable bonds is 5. The minimum atomic E-state index is -0.151. The van der Waals surface area contributed by atoms with Crippen LogP contribution in [0, 0.1) is 0 Å². The first-order valence-electron chi connectivity index (χ1n) is 7.61. The molecule has 21 heavy (non-hydrogen) atoms. The molecule has 2 N–H and O–H groups in total. The van der Waals surface area contributed by atoms with Crippen LogP contribution >= 0.6 is 0 Å². The maximum atomic E-state index is 6.53. The summed E-state index contributed by atoms with van der Waals surface area (Å²) in [5.74, 6) is 0.774. The van der Waals surface area contributed by atoms with Gasteiger partial charge in [-0.25, -0.2) is 0 Å². The molecule has 0 aromatic carbocycles. The van der Waals surface area contributed by atoms with Crippen molar-refractivity contribution < 1.29 is 9.47 Å². The molecule has 1 aliphatic rings. The highest BCUT2D eigenvalue weighted by Gasteiger charge is 2.35. The molecule has 1 aromatic rings. The van der Waals surface area contributed by atoms with Gasteiger partial charge in [-0.1, -0.05) is 0 Å². The lowest BCUT2D eigenvalue weighted by molar-refractivity contribution is -0.0191. The molecule has 0 radical (unpaired) electrons. The van der Waals surface area contributed by atoms with Gasteiger partial charge in [0.15, 0.2) is 0 Å². The normalized spacial score (nSPS) is 18.8. The van der Waals surface area contributed by atoms with Gasteiger partial charge in [0.1, 0.15) is 5.75 Å². The summed E-state index contributed by atoms with van der Waals surface area (Å²) < 4.78 is 11.1. The first-order valence-corrected chi connectivity index (χ1v) is 7.61. The predicted molar refractivity (Wildman–Crippen MR) is 83.4 cm³/mol. The number of aromatic nitrogens is 1. The number of hydrogen-bond acceptors (Lipinski definition) is 5. The lowest BCUT2D eigenvalue weighted by Gasteiger charge is -2.44. The number of ether oxygens (including phenoxy) is 2. The van der Waals surface area contributed by atoms with Crippen molar-refractivity contribution in [2.75, 3.05) is 26.3 Å². The Labute approximate surface area is 127 Å². The molecule has 2 rings (SSSR count). The third-order valence-corrected chi connectivity index (χ3v) is 4.05. The Balaban J connectivity index is 2.15. The minimum Gasteiger partial charge on any atom is -0.489 e. The Morgan fingerprint density at radius 2 is 1.95 bits per heavy atom. The van der Waals surface area contributed by atoms with E-state index in [1.165, 1.54) is 0 Å². The molecule has 1 fully saturated rings. The summed E-state index contributed by atoms with van der Waals surface area (Å²) in [4.78, 5) is 6.66. The van der Waals surface area contributed by atoms with Crippen molar-refractivity contribution in [3.8, 4) is 5.75 Å². The standard InChI is InChI=1S/C16H27N3O2/c1-12(2)21-14-9-13(10-18-11-14)15(17)16(3,4)19-5-7-20-8-6-19/h9-12,15H,5-8,17H2,1-4H3. The van der Waals surface area contributed by atoms with E-state index in [1.54, 1.807) is 6.20 Å². The zero-order valence-corrected chi connectivity index (χ0v) is 13.5. The number of pyridine rings is 1. The minimum absolute atomic E-state index is 0.126. The molecule has 1 unspecified atom stereocenters. The third kappa shape index (κ3) is 3.93. The third-order valence-electron chi connectivity index (χ3n) is 4.05. The lowest BCUT2D eigenvalue weighted by atomic mass is 9.88. The summed E-state index contributed by atoms with van der Waals surface area (Å²) in [7, 11) is 0. The second-order valence-corrected chi connectivity index (χ2v) is 6.35. The second kappa shape index (κ2) is 6.73. The van der Waals surface area contributed by atoms with Gasteiger partial charge in [-0.15, -0.1) is 0 Å². The highest BCUT2D eigenvalue weighted by molar-refractivity contribution is 5.28. The molecular weight excluding hydrogens is 266 g/mol. The Morgan fingerprint density at radius 1 is 1.29 bits per heavy atom. The van der Waals surface area contributed by atoms with Crippen LogP contribution in [-0.2, 0) is 4.74 Å². The second-order valence-electron chi connectivity index (χ2n) is 6.35. The van der Waals surface area contributed by atoms with E-state index < -0.39 is 0 Å². The smallest absolute Gasteiger partial charge is 0.138 e. The molecule has 1 atom stereocenters. The Morgan fingerprint density at radius 3 is 2.57 bits per heavy atom. The van der Waals surface area contributed by atoms with E-state index in [1.807, 2.05) is 26.1 Å². The van der Waals surface area contributed by atoms with E-state index in [0.29, 0.717) is 0 Å². The number of nitrogens with zero attached hydrogens (tertiary/aromatic N) is 2. The summed E-state index contributed by atoms with van der Waals surface area (Å²) in [6.45, 7) is 11.7. The number of morpholine rings is 1. The molecule has 118 valence electrons. The van der Waals surface area contributed by atoms with Gasteiger partial charge >= 0.3 is 0 Å². The molecule has 0 aliphatic carbocycles. The lowest BCUT2D eigenvalue weighted by Crippen LogP contribution is -2.55. The van der Waals surface area contributed by atoms with E-state index in [0.717, 1.165) is 37.6 Å². The van der Waals surface area contributed by atoms with Crippen molar-refractivity contribution in [3.05, 3.63) is 24.0 Å². The van der Waals surface area contributed by atoms with E-state index in [-0.39, 0.29) is 17.7 Å². The Kier molecular flexibility index (Phi) is 5.19. The average Bonchev–Trinajstić information content (AvgIpc) is 2.47. The monoisotopic (exact) mass is 293 g/mol. The molecule has 0 amide bonds. The van der Waals surface area contributed by atoms with Crippen molar-refractivity contribution in [1.82, 2.24) is 9.88 Å². The quantitative estimate of drug-likeness (QED) is 0.899. The SMILES string of the molecule is CC(C)Oc1cncc(C(N)C(C)(C)N2CCOCC2)c1. The number of hydrogen-bond donors (Lipinski definition) is 1. The van der Waals surface area contributed by atoms with Crippen LogP contribution in [0.5, 0.6) is 5.75 Å². The summed E-state index contributed by atoms with van der Waals surface area (Å²) in [6.07, 6.45) is 3.70. The first-order chi connectivity index (χ1) is 9.91. The molecule has 1 saturated heterocycles. The molecule has 1 aromatic heterocycles. The van der Waals surface area contributed by atoms with Crippen molar-refractivity contribution in [2.45, 2.75) is 45.4 Å². The maximum Gasteiger partial charge on any atom is 0.138 e. The molecule has 2 heterocycles. The van der Waals surface area contributed by atoms with Gasteiger partial charge in [0.25, 0.3) is 0 Å². The van der Waals surface area contributed by atoms with Crippen molar-refractivity contribution in [2.24, 2.45) is 5.73 Å². The van der Waals surface area contributed by atoms with Crippen LogP contribution in [0.1, 0.15) is 39.3 Å². The molecule has 1 aliphatic heterocycles. The summed E-state index contributed by atoms with van der Waals surface area (Å²) in [5, 5.41) is 0. The van der Waals surface area contributed by atoms with Crippen LogP contribution in [0.25, 0.3) is 0 Å². The van der Waals surface area contributed by atoms with Gasteiger partial charge < -0.3 is 15.2 Å². The zero-order valence-electron chi connectivity index (χ0n) is 13.5. The predicted octanol–water partition coefficient (Wildman–Crippen LogP) is 1.98. The van der Waals surface area contributed by atoms with E-state index >= 15 is 0 Å². The molecule has 0 saturated carbocycles. The fourth-order valence-corrected chi connectivity index (χ4v) is 2.69. The van der Waals surface area contributed by atoms with Gasteiger partial charge in [-0.05, 0) is 39.3 Å². The van der Waals surface area contributed by atoms with Crippen LogP contribution in [0.3, 0.4) is 0 Å². The van der Waals surface area contributed by atoms with Crippen molar-refractivity contribution in [1.29, 1.82) is 0 Å². The highest BCUT2D eigenvalue weighted by atomic mass is 16.5. The highest BCUT2D eigenvalue weighted by Crippen LogP contribution is 2.30.